The number of benzene rings is 1. The van der Waals surface area contributed by atoms with Gasteiger partial charge in [0, 0.05) is 11.6 Å². The Kier molecular flexibility index (Phi) is 4.46. The SMILES string of the molecule is C[C@@H](c1nc2ccc(Cl)cc2[nH]1)N(C)C[C@@H](O)C(F)(F)F. The van der Waals surface area contributed by atoms with Gasteiger partial charge in [-0.15, -0.1) is 0 Å². The minimum atomic E-state index is -4.63. The van der Waals surface area contributed by atoms with Crippen LogP contribution in [0.2, 0.25) is 5.02 Å². The third-order valence-corrected chi connectivity index (χ3v) is 3.59. The summed E-state index contributed by atoms with van der Waals surface area (Å²) in [6.45, 7) is 1.19. The van der Waals surface area contributed by atoms with Crippen LogP contribution in [-0.4, -0.2) is 45.8 Å². The molecule has 2 atom stereocenters. The molecule has 0 aliphatic rings. The Morgan fingerprint density at radius 3 is 2.71 bits per heavy atom. The van der Waals surface area contributed by atoms with Crippen LogP contribution in [0, 0.1) is 0 Å². The molecule has 2 N–H and O–H groups in total. The maximum absolute atomic E-state index is 12.4. The van der Waals surface area contributed by atoms with Gasteiger partial charge >= 0.3 is 6.18 Å². The van der Waals surface area contributed by atoms with Crippen molar-refractivity contribution in [3.63, 3.8) is 0 Å². The molecule has 4 nitrogen and oxygen atoms in total. The Bertz CT molecular complexity index is 629. The molecule has 0 aliphatic carbocycles. The van der Waals surface area contributed by atoms with Gasteiger partial charge in [-0.05, 0) is 32.2 Å². The second-order valence-corrected chi connectivity index (χ2v) is 5.39. The quantitative estimate of drug-likeness (QED) is 0.909. The smallest absolute Gasteiger partial charge is 0.382 e. The van der Waals surface area contributed by atoms with Crippen molar-refractivity contribution in [1.82, 2.24) is 14.9 Å². The van der Waals surface area contributed by atoms with Crippen LogP contribution in [0.1, 0.15) is 18.8 Å². The largest absolute Gasteiger partial charge is 0.415 e. The fourth-order valence-corrected chi connectivity index (χ4v) is 2.11. The number of aliphatic hydroxyl groups is 1. The zero-order chi connectivity index (χ0) is 15.8. The summed E-state index contributed by atoms with van der Waals surface area (Å²) in [5, 5.41) is 9.66. The number of imidazole rings is 1. The second-order valence-electron chi connectivity index (χ2n) is 4.96. The number of alkyl halides is 3. The van der Waals surface area contributed by atoms with Crippen molar-refractivity contribution in [1.29, 1.82) is 0 Å². The number of fused-ring (bicyclic) bond motifs is 1. The third-order valence-electron chi connectivity index (χ3n) is 3.36. The van der Waals surface area contributed by atoms with Crippen molar-refractivity contribution in [2.75, 3.05) is 13.6 Å². The number of rotatable bonds is 4. The van der Waals surface area contributed by atoms with E-state index in [4.69, 9.17) is 16.7 Å². The van der Waals surface area contributed by atoms with E-state index in [-0.39, 0.29) is 0 Å². The number of nitrogens with zero attached hydrogens (tertiary/aromatic N) is 2. The van der Waals surface area contributed by atoms with E-state index in [0.717, 1.165) is 0 Å². The van der Waals surface area contributed by atoms with Gasteiger partial charge in [-0.3, -0.25) is 4.90 Å². The predicted octanol–water partition coefficient (Wildman–Crippen LogP) is 3.13. The van der Waals surface area contributed by atoms with Crippen molar-refractivity contribution >= 4 is 22.6 Å². The van der Waals surface area contributed by atoms with E-state index in [0.29, 0.717) is 21.9 Å². The van der Waals surface area contributed by atoms with Gasteiger partial charge in [0.1, 0.15) is 5.82 Å². The van der Waals surface area contributed by atoms with Gasteiger partial charge in [0.15, 0.2) is 6.10 Å². The van der Waals surface area contributed by atoms with Crippen LogP contribution in [0.5, 0.6) is 0 Å². The topological polar surface area (TPSA) is 52.2 Å². The predicted molar refractivity (Wildman–Crippen MR) is 74.2 cm³/mol. The zero-order valence-corrected chi connectivity index (χ0v) is 12.2. The van der Waals surface area contributed by atoms with E-state index in [1.807, 2.05) is 0 Å². The van der Waals surface area contributed by atoms with Crippen LogP contribution in [0.3, 0.4) is 0 Å². The van der Waals surface area contributed by atoms with E-state index in [9.17, 15) is 13.2 Å². The highest BCUT2D eigenvalue weighted by atomic mass is 35.5. The van der Waals surface area contributed by atoms with Crippen LogP contribution in [0.4, 0.5) is 13.2 Å². The first-order chi connectivity index (χ1) is 9.68. The van der Waals surface area contributed by atoms with Crippen molar-refractivity contribution in [3.8, 4) is 0 Å². The van der Waals surface area contributed by atoms with Gasteiger partial charge in [0.25, 0.3) is 0 Å². The highest BCUT2D eigenvalue weighted by molar-refractivity contribution is 6.31. The molecule has 0 fully saturated rings. The summed E-state index contributed by atoms with van der Waals surface area (Å²) in [6.07, 6.45) is -7.01. The summed E-state index contributed by atoms with van der Waals surface area (Å²) in [4.78, 5) is 8.74. The molecular weight excluding hydrogens is 307 g/mol. The normalized spacial score (nSPS) is 15.6. The fraction of sp³-hybridized carbons (Fsp3) is 0.462. The molecule has 0 spiro atoms. The molecule has 1 aromatic carbocycles. The molecule has 0 saturated heterocycles. The standard InChI is InChI=1S/C13H15ClF3N3O/c1-7(20(2)6-11(21)13(15,16)17)12-18-9-4-3-8(14)5-10(9)19-12/h3-5,7,11,21H,6H2,1-2H3,(H,18,19)/t7-,11+/m0/s1. The fourth-order valence-electron chi connectivity index (χ4n) is 1.94. The molecule has 2 aromatic rings. The van der Waals surface area contributed by atoms with Gasteiger partial charge in [-0.25, -0.2) is 4.98 Å². The average Bonchev–Trinajstić information content (AvgIpc) is 2.79. The van der Waals surface area contributed by atoms with E-state index < -0.39 is 24.9 Å². The Hall–Kier alpha value is -1.31. The first-order valence-corrected chi connectivity index (χ1v) is 6.66. The van der Waals surface area contributed by atoms with Gasteiger partial charge < -0.3 is 10.1 Å². The minimum absolute atomic E-state index is 0.409. The van der Waals surface area contributed by atoms with Crippen LogP contribution in [0.15, 0.2) is 18.2 Å². The van der Waals surface area contributed by atoms with E-state index >= 15 is 0 Å². The van der Waals surface area contributed by atoms with Gasteiger partial charge in [-0.1, -0.05) is 11.6 Å². The summed E-state index contributed by atoms with van der Waals surface area (Å²) in [5.74, 6) is 0.518. The lowest BCUT2D eigenvalue weighted by Crippen LogP contribution is -2.40. The number of H-pyrrole nitrogens is 1. The van der Waals surface area contributed by atoms with Crippen LogP contribution in [-0.2, 0) is 0 Å². The Balaban J connectivity index is 2.15. The lowest BCUT2D eigenvalue weighted by molar-refractivity contribution is -0.208. The van der Waals surface area contributed by atoms with E-state index in [1.165, 1.54) is 11.9 Å². The monoisotopic (exact) mass is 321 g/mol. The molecule has 8 heteroatoms. The molecule has 1 heterocycles. The number of aromatic nitrogens is 2. The number of aliphatic hydroxyl groups excluding tert-OH is 1. The maximum Gasteiger partial charge on any atom is 0.415 e. The van der Waals surface area contributed by atoms with Crippen LogP contribution < -0.4 is 0 Å². The number of hydrogen-bond acceptors (Lipinski definition) is 3. The molecule has 0 radical (unpaired) electrons. The molecule has 0 unspecified atom stereocenters. The molecule has 1 aromatic heterocycles. The van der Waals surface area contributed by atoms with Gasteiger partial charge in [-0.2, -0.15) is 13.2 Å². The molecule has 0 amide bonds. The molecule has 0 aliphatic heterocycles. The Morgan fingerprint density at radius 1 is 1.43 bits per heavy atom. The number of halogens is 4. The van der Waals surface area contributed by atoms with E-state index in [1.54, 1.807) is 25.1 Å². The van der Waals surface area contributed by atoms with Gasteiger partial charge in [0.05, 0.1) is 17.1 Å². The highest BCUT2D eigenvalue weighted by Crippen LogP contribution is 2.25. The summed E-state index contributed by atoms with van der Waals surface area (Å²) in [6, 6.07) is 4.71. The summed E-state index contributed by atoms with van der Waals surface area (Å²) in [7, 11) is 1.50. The number of aromatic amines is 1. The zero-order valence-electron chi connectivity index (χ0n) is 11.4. The first-order valence-electron chi connectivity index (χ1n) is 6.28. The van der Waals surface area contributed by atoms with Crippen LogP contribution >= 0.6 is 11.6 Å². The summed E-state index contributed by atoms with van der Waals surface area (Å²) < 4.78 is 37.1. The maximum atomic E-state index is 12.4. The summed E-state index contributed by atoms with van der Waals surface area (Å²) in [5.41, 5.74) is 1.40. The Morgan fingerprint density at radius 2 is 2.10 bits per heavy atom. The molecule has 2 rings (SSSR count). The van der Waals surface area contributed by atoms with Gasteiger partial charge in [0.2, 0.25) is 0 Å². The minimum Gasteiger partial charge on any atom is -0.382 e. The van der Waals surface area contributed by atoms with Crippen molar-refractivity contribution < 1.29 is 18.3 Å². The molecule has 21 heavy (non-hydrogen) atoms. The number of hydrogen-bond donors (Lipinski definition) is 2. The van der Waals surface area contributed by atoms with Crippen LogP contribution in [0.25, 0.3) is 11.0 Å². The van der Waals surface area contributed by atoms with E-state index in [2.05, 4.69) is 9.97 Å². The Labute approximate surface area is 124 Å². The average molecular weight is 322 g/mol. The number of nitrogens with one attached hydrogen (secondary N) is 1. The number of likely N-dealkylation sites (N-methyl/N-ethyl adjacent to an activating group) is 1. The highest BCUT2D eigenvalue weighted by Gasteiger charge is 2.39. The molecule has 0 bridgehead atoms. The third kappa shape index (κ3) is 3.66. The second kappa shape index (κ2) is 5.82. The molecular formula is C13H15ClF3N3O. The van der Waals surface area contributed by atoms with Crippen molar-refractivity contribution in [2.24, 2.45) is 0 Å². The van der Waals surface area contributed by atoms with Crippen molar-refractivity contribution in [2.45, 2.75) is 25.2 Å². The summed E-state index contributed by atoms with van der Waals surface area (Å²) >= 11 is 5.87. The lowest BCUT2D eigenvalue weighted by atomic mass is 10.2. The molecule has 0 saturated carbocycles. The molecule has 116 valence electrons. The lowest BCUT2D eigenvalue weighted by Gasteiger charge is -2.26. The van der Waals surface area contributed by atoms with Crippen molar-refractivity contribution in [3.05, 3.63) is 29.0 Å². The first kappa shape index (κ1) is 16.1.